The van der Waals surface area contributed by atoms with Crippen LogP contribution in [0.15, 0.2) is 12.1 Å². The van der Waals surface area contributed by atoms with Crippen molar-refractivity contribution in [3.63, 3.8) is 0 Å². The third-order valence-corrected chi connectivity index (χ3v) is 5.48. The van der Waals surface area contributed by atoms with E-state index < -0.39 is 5.79 Å². The lowest BCUT2D eigenvalue weighted by Gasteiger charge is -2.32. The summed E-state index contributed by atoms with van der Waals surface area (Å²) in [4.78, 5) is 15.2. The number of unbranched alkanes of at least 4 members (excludes halogenated alkanes) is 6. The Labute approximate surface area is 157 Å². The summed E-state index contributed by atoms with van der Waals surface area (Å²) in [5.41, 5.74) is 4.19. The van der Waals surface area contributed by atoms with Crippen LogP contribution < -0.4 is 4.90 Å². The minimum Gasteiger partial charge on any atom is -0.338 e. The first-order valence-corrected chi connectivity index (χ1v) is 10.3. The molecular weight excluding hydrogens is 326 g/mol. The third kappa shape index (κ3) is 3.67. The molecule has 0 unspecified atom stereocenters. The van der Waals surface area contributed by atoms with Gasteiger partial charge in [0.05, 0.1) is 18.9 Å². The normalized spacial score (nSPS) is 18.6. The van der Waals surface area contributed by atoms with Crippen LogP contribution in [0.1, 0.15) is 75.0 Å². The summed E-state index contributed by atoms with van der Waals surface area (Å²) < 4.78 is 11.9. The second-order valence-corrected chi connectivity index (χ2v) is 7.72. The summed E-state index contributed by atoms with van der Waals surface area (Å²) in [5, 5.41) is 0. The number of rotatable bonds is 8. The quantitative estimate of drug-likeness (QED) is 0.614. The zero-order valence-electron chi connectivity index (χ0n) is 16.6. The third-order valence-electron chi connectivity index (χ3n) is 5.48. The number of nitrogens with zero attached hydrogens (tertiary/aromatic N) is 1. The van der Waals surface area contributed by atoms with Gasteiger partial charge in [-0.25, -0.2) is 0 Å². The van der Waals surface area contributed by atoms with E-state index in [0.717, 1.165) is 41.8 Å². The molecule has 0 N–H and O–H groups in total. The van der Waals surface area contributed by atoms with Crippen molar-refractivity contribution in [2.24, 2.45) is 0 Å². The molecule has 144 valence electrons. The Kier molecular flexibility index (Phi) is 6.36. The Bertz CT molecular complexity index is 635. The first kappa shape index (κ1) is 19.4. The Morgan fingerprint density at radius 3 is 2.35 bits per heavy atom. The molecule has 1 amide bonds. The number of carbonyl (C=O) groups excluding carboxylic acids is 1. The number of ether oxygens (including phenoxy) is 2. The second-order valence-electron chi connectivity index (χ2n) is 7.72. The number of aryl methyl sites for hydroxylation is 2. The highest BCUT2D eigenvalue weighted by Crippen LogP contribution is 2.47. The van der Waals surface area contributed by atoms with Crippen LogP contribution in [0.3, 0.4) is 0 Å². The van der Waals surface area contributed by atoms with Crippen LogP contribution in [0.2, 0.25) is 0 Å². The zero-order chi connectivity index (χ0) is 18.6. The van der Waals surface area contributed by atoms with Crippen molar-refractivity contribution in [1.82, 2.24) is 0 Å². The molecule has 1 spiro atoms. The lowest BCUT2D eigenvalue weighted by atomic mass is 10.00. The summed E-state index contributed by atoms with van der Waals surface area (Å²) in [6.45, 7) is 8.28. The molecule has 2 heterocycles. The van der Waals surface area contributed by atoms with E-state index in [1.54, 1.807) is 0 Å². The van der Waals surface area contributed by atoms with Crippen molar-refractivity contribution >= 4 is 11.6 Å². The van der Waals surface area contributed by atoms with Crippen LogP contribution in [0, 0.1) is 13.8 Å². The highest BCUT2D eigenvalue weighted by molar-refractivity contribution is 6.07. The van der Waals surface area contributed by atoms with Gasteiger partial charge in [-0.2, -0.15) is 0 Å². The number of hydrogen-bond donors (Lipinski definition) is 0. The van der Waals surface area contributed by atoms with Crippen LogP contribution in [0.4, 0.5) is 5.69 Å². The fourth-order valence-corrected chi connectivity index (χ4v) is 4.22. The van der Waals surface area contributed by atoms with E-state index in [4.69, 9.17) is 9.47 Å². The van der Waals surface area contributed by atoms with Gasteiger partial charge in [-0.1, -0.05) is 57.1 Å². The first-order chi connectivity index (χ1) is 12.6. The maximum absolute atomic E-state index is 13.3. The van der Waals surface area contributed by atoms with E-state index in [0.29, 0.717) is 13.2 Å². The maximum atomic E-state index is 13.3. The van der Waals surface area contributed by atoms with Crippen molar-refractivity contribution in [2.75, 3.05) is 24.7 Å². The molecule has 0 aromatic heterocycles. The predicted molar refractivity (Wildman–Crippen MR) is 104 cm³/mol. The number of amides is 1. The van der Waals surface area contributed by atoms with Crippen LogP contribution >= 0.6 is 0 Å². The molecule has 0 radical (unpaired) electrons. The molecule has 0 bridgehead atoms. The highest BCUT2D eigenvalue weighted by Gasteiger charge is 2.55. The predicted octanol–water partition coefficient (Wildman–Crippen LogP) is 4.99. The summed E-state index contributed by atoms with van der Waals surface area (Å²) in [6.07, 6.45) is 9.52. The van der Waals surface area contributed by atoms with Crippen LogP contribution in [0.25, 0.3) is 0 Å². The highest BCUT2D eigenvalue weighted by atomic mass is 16.7. The van der Waals surface area contributed by atoms with Gasteiger partial charge in [0, 0.05) is 12.1 Å². The van der Waals surface area contributed by atoms with E-state index in [9.17, 15) is 4.79 Å². The van der Waals surface area contributed by atoms with Crippen molar-refractivity contribution in [2.45, 2.75) is 77.9 Å². The van der Waals surface area contributed by atoms with E-state index in [-0.39, 0.29) is 5.91 Å². The molecule has 1 fully saturated rings. The average Bonchev–Trinajstić information content (AvgIpc) is 2.84. The van der Waals surface area contributed by atoms with Gasteiger partial charge in [0.1, 0.15) is 0 Å². The van der Waals surface area contributed by atoms with E-state index in [1.165, 1.54) is 38.5 Å². The summed E-state index contributed by atoms with van der Waals surface area (Å²) in [6, 6.07) is 4.21. The number of hydrogen-bond acceptors (Lipinski definition) is 3. The van der Waals surface area contributed by atoms with Gasteiger partial charge in [0.2, 0.25) is 0 Å². The van der Waals surface area contributed by atoms with Crippen LogP contribution in [0.5, 0.6) is 0 Å². The maximum Gasteiger partial charge on any atom is 0.292 e. The van der Waals surface area contributed by atoms with E-state index >= 15 is 0 Å². The van der Waals surface area contributed by atoms with Crippen molar-refractivity contribution in [1.29, 1.82) is 0 Å². The fourth-order valence-electron chi connectivity index (χ4n) is 4.22. The molecule has 4 nitrogen and oxygen atoms in total. The molecule has 1 saturated heterocycles. The molecule has 3 rings (SSSR count). The van der Waals surface area contributed by atoms with Gasteiger partial charge < -0.3 is 14.4 Å². The van der Waals surface area contributed by atoms with Crippen molar-refractivity contribution < 1.29 is 14.3 Å². The molecule has 2 aliphatic rings. The Hall–Kier alpha value is -1.39. The number of benzene rings is 1. The Morgan fingerprint density at radius 2 is 1.65 bits per heavy atom. The standard InChI is InChI=1S/C22H33NO3/c1-4-5-6-7-8-9-10-12-23-20-18(3)15-17(2)16-19(20)22(21(23)24)25-13-11-14-26-22/h15-16H,4-14H2,1-3H3. The molecular formula is C22H33NO3. The van der Waals surface area contributed by atoms with E-state index in [2.05, 4.69) is 32.9 Å². The van der Waals surface area contributed by atoms with Gasteiger partial charge in [-0.15, -0.1) is 0 Å². The summed E-state index contributed by atoms with van der Waals surface area (Å²) >= 11 is 0. The smallest absolute Gasteiger partial charge is 0.292 e. The Balaban J connectivity index is 1.72. The largest absolute Gasteiger partial charge is 0.338 e. The molecule has 2 aliphatic heterocycles. The van der Waals surface area contributed by atoms with Gasteiger partial charge in [-0.3, -0.25) is 4.79 Å². The molecule has 4 heteroatoms. The van der Waals surface area contributed by atoms with Gasteiger partial charge in [0.15, 0.2) is 0 Å². The number of anilines is 1. The van der Waals surface area contributed by atoms with Gasteiger partial charge >= 0.3 is 0 Å². The molecule has 0 atom stereocenters. The molecule has 1 aromatic carbocycles. The molecule has 0 aliphatic carbocycles. The topological polar surface area (TPSA) is 38.8 Å². The minimum atomic E-state index is -1.20. The summed E-state index contributed by atoms with van der Waals surface area (Å²) in [5.74, 6) is -1.24. The summed E-state index contributed by atoms with van der Waals surface area (Å²) in [7, 11) is 0. The number of carbonyl (C=O) groups is 1. The van der Waals surface area contributed by atoms with Crippen LogP contribution in [-0.4, -0.2) is 25.7 Å². The van der Waals surface area contributed by atoms with Crippen LogP contribution in [-0.2, 0) is 20.1 Å². The lowest BCUT2D eigenvalue weighted by Crippen LogP contribution is -2.47. The molecule has 1 aromatic rings. The average molecular weight is 360 g/mol. The van der Waals surface area contributed by atoms with E-state index in [1.807, 2.05) is 4.90 Å². The zero-order valence-corrected chi connectivity index (χ0v) is 16.6. The Morgan fingerprint density at radius 1 is 1.00 bits per heavy atom. The fraction of sp³-hybridized carbons (Fsp3) is 0.682. The molecule has 26 heavy (non-hydrogen) atoms. The first-order valence-electron chi connectivity index (χ1n) is 10.3. The van der Waals surface area contributed by atoms with Crippen molar-refractivity contribution in [3.05, 3.63) is 28.8 Å². The SMILES string of the molecule is CCCCCCCCCN1C(=O)C2(OCCCO2)c2cc(C)cc(C)c21. The van der Waals surface area contributed by atoms with Crippen molar-refractivity contribution in [3.8, 4) is 0 Å². The van der Waals surface area contributed by atoms with Gasteiger partial charge in [-0.05, 0) is 38.3 Å². The monoisotopic (exact) mass is 359 g/mol. The second kappa shape index (κ2) is 8.53. The number of fused-ring (bicyclic) bond motifs is 2. The van der Waals surface area contributed by atoms with Gasteiger partial charge in [0.25, 0.3) is 11.7 Å². The molecule has 0 saturated carbocycles. The lowest BCUT2D eigenvalue weighted by molar-refractivity contribution is -0.256. The minimum absolute atomic E-state index is 0.0353.